The van der Waals surface area contributed by atoms with E-state index in [9.17, 15) is 10.5 Å². The van der Waals surface area contributed by atoms with Gasteiger partial charge in [0.15, 0.2) is 11.6 Å². The van der Waals surface area contributed by atoms with E-state index in [4.69, 9.17) is 13.1 Å². The summed E-state index contributed by atoms with van der Waals surface area (Å²) in [7, 11) is 0. The van der Waals surface area contributed by atoms with E-state index in [2.05, 4.69) is 186 Å². The first kappa shape index (κ1) is 94.8. The molecule has 2 unspecified atom stereocenters. The Morgan fingerprint density at radius 3 is 1.05 bits per heavy atom. The van der Waals surface area contributed by atoms with Crippen molar-refractivity contribution in [2.24, 2.45) is 11.8 Å². The highest BCUT2D eigenvalue weighted by Gasteiger charge is 2.55. The summed E-state index contributed by atoms with van der Waals surface area (Å²) in [5.41, 5.74) is 16.2. The third kappa shape index (κ3) is 17.8. The van der Waals surface area contributed by atoms with Gasteiger partial charge < -0.3 is 0 Å². The average molecular weight is 1930 g/mol. The summed E-state index contributed by atoms with van der Waals surface area (Å²) < 4.78 is 40.7. The lowest BCUT2D eigenvalue weighted by Crippen LogP contribution is -2.29. The van der Waals surface area contributed by atoms with Crippen LogP contribution in [0.5, 0.6) is 0 Å². The van der Waals surface area contributed by atoms with E-state index in [0.29, 0.717) is 64.8 Å². The summed E-state index contributed by atoms with van der Waals surface area (Å²) in [6, 6.07) is 50.4. The number of Topliss-reactive ketones (excluding diaryl/α,β-unsaturated/α-hetero) is 2. The number of hydrogen-bond donors (Lipinski definition) is 0. The van der Waals surface area contributed by atoms with Crippen LogP contribution in [-0.2, 0) is 36.5 Å². The molecule has 4 aliphatic rings. The Morgan fingerprint density at radius 2 is 0.742 bits per heavy atom. The molecule has 8 aromatic heterocycles. The first-order valence-electron chi connectivity index (χ1n) is 47.9. The summed E-state index contributed by atoms with van der Waals surface area (Å²) >= 11 is 15.9. The maximum Gasteiger partial charge on any atom is 0.270 e. The smallest absolute Gasteiger partial charge is 0.270 e. The SMILES string of the molecule is [C-]#[N+]C(C#N)=C1/C(=C/c2cc3c(s2)-c2sc4c(-c5cc(F)c(SCC(CC)CCCC)s5)c5c6c(sc5c(-c5cc(F)c(SCC(CC)CCCC)s5)c4c2C3(c2ccc(CCCCCC)cc2)c2ccc(CCCCCC)cc2)-c2sc(/C=C3\C(=O)c4cscc4\C3=C(/C#N)[N+]#[C-])cc2C6(c2ccc(CCCCCC)cc2)c2ccc(CCCCCC)cc2)C(=O)c2cscc21. The van der Waals surface area contributed by atoms with Gasteiger partial charge in [0, 0.05) is 106 Å². The number of allylic oxidation sites excluding steroid dienone is 6. The largest absolute Gasteiger partial charge is 0.289 e. The molecule has 4 aliphatic carbocycles. The predicted octanol–water partition coefficient (Wildman–Crippen LogP) is 36.8. The van der Waals surface area contributed by atoms with Crippen molar-refractivity contribution >= 4 is 169 Å². The molecule has 17 rings (SSSR count). The summed E-state index contributed by atoms with van der Waals surface area (Å²) in [6.45, 7) is 34.8. The van der Waals surface area contributed by atoms with E-state index >= 15 is 18.4 Å². The van der Waals surface area contributed by atoms with E-state index in [0.717, 1.165) is 306 Å². The molecule has 132 heavy (non-hydrogen) atoms. The maximum atomic E-state index is 18.8. The second-order valence-corrected chi connectivity index (χ2v) is 46.5. The van der Waals surface area contributed by atoms with Gasteiger partial charge in [-0.2, -0.15) is 22.7 Å². The van der Waals surface area contributed by atoms with E-state index in [1.54, 1.807) is 91.5 Å². The van der Waals surface area contributed by atoms with Crippen molar-refractivity contribution in [2.45, 2.75) is 254 Å². The number of ketones is 2. The molecular weight excluding hydrogens is 1820 g/mol. The number of thiophene rings is 8. The van der Waals surface area contributed by atoms with Crippen LogP contribution in [0.25, 0.3) is 93.6 Å². The Kier molecular flexibility index (Phi) is 30.5. The van der Waals surface area contributed by atoms with Gasteiger partial charge in [-0.05, 0) is 201 Å². The molecule has 8 heterocycles. The minimum atomic E-state index is -1.13. The summed E-state index contributed by atoms with van der Waals surface area (Å²) in [5, 5.41) is 31.0. The van der Waals surface area contributed by atoms with Gasteiger partial charge in [0.25, 0.3) is 11.4 Å². The minimum Gasteiger partial charge on any atom is -0.289 e. The van der Waals surface area contributed by atoms with Crippen LogP contribution in [0.2, 0.25) is 0 Å². The van der Waals surface area contributed by atoms with Crippen molar-refractivity contribution < 1.29 is 18.4 Å². The number of carbonyl (C=O) groups is 2. The van der Waals surface area contributed by atoms with E-state index in [1.165, 1.54) is 44.9 Å². The monoisotopic (exact) mass is 1930 g/mol. The van der Waals surface area contributed by atoms with Crippen LogP contribution < -0.4 is 0 Å². The molecule has 5 aromatic carbocycles. The molecule has 2 atom stereocenters. The lowest BCUT2D eigenvalue weighted by atomic mass is 9.66. The van der Waals surface area contributed by atoms with Crippen molar-refractivity contribution in [2.75, 3.05) is 11.5 Å². The lowest BCUT2D eigenvalue weighted by molar-refractivity contribution is 0.103. The highest BCUT2D eigenvalue weighted by molar-refractivity contribution is 8.01. The van der Waals surface area contributed by atoms with Crippen molar-refractivity contribution in [3.05, 3.63) is 299 Å². The molecule has 0 radical (unpaired) electrons. The maximum absolute atomic E-state index is 18.8. The number of halogens is 2. The van der Waals surface area contributed by atoms with Crippen molar-refractivity contribution in [3.63, 3.8) is 0 Å². The van der Waals surface area contributed by atoms with Gasteiger partial charge in [0.2, 0.25) is 0 Å². The minimum absolute atomic E-state index is 0.131. The molecule has 6 nitrogen and oxygen atoms in total. The van der Waals surface area contributed by atoms with Gasteiger partial charge in [-0.25, -0.2) is 29.0 Å². The van der Waals surface area contributed by atoms with Crippen molar-refractivity contribution in [1.29, 1.82) is 10.5 Å². The molecule has 0 aliphatic heterocycles. The summed E-state index contributed by atoms with van der Waals surface area (Å²) in [5.74, 6) is 1.33. The number of rotatable bonds is 42. The first-order chi connectivity index (χ1) is 64.6. The summed E-state index contributed by atoms with van der Waals surface area (Å²) in [4.78, 5) is 45.3. The Morgan fingerprint density at radius 1 is 0.417 bits per heavy atom. The number of fused-ring (bicyclic) bond motifs is 12. The van der Waals surface area contributed by atoms with Crippen molar-refractivity contribution in [3.8, 4) is 52.5 Å². The number of nitrogens with zero attached hydrogens (tertiary/aromatic N) is 4. The fraction of sp³-hybridized carbons (Fsp3) is 0.368. The van der Waals surface area contributed by atoms with Crippen LogP contribution in [0.3, 0.4) is 0 Å². The number of hydrogen-bond acceptors (Lipinski definition) is 14. The van der Waals surface area contributed by atoms with Gasteiger partial charge in [-0.1, -0.05) is 268 Å². The zero-order chi connectivity index (χ0) is 91.9. The van der Waals surface area contributed by atoms with Crippen LogP contribution in [-0.4, -0.2) is 23.1 Å². The summed E-state index contributed by atoms with van der Waals surface area (Å²) in [6.07, 6.45) is 33.8. The average Bonchev–Trinajstić information content (AvgIpc) is 1.49. The molecular formula is C114H112F2N4O2S10. The molecule has 13 aromatic rings. The number of carbonyl (C=O) groups excluding carboxylic acids is 2. The Labute approximate surface area is 819 Å². The fourth-order valence-electron chi connectivity index (χ4n) is 20.6. The Hall–Kier alpha value is -8.96. The molecule has 0 saturated carbocycles. The van der Waals surface area contributed by atoms with Gasteiger partial charge >= 0.3 is 0 Å². The van der Waals surface area contributed by atoms with Crippen LogP contribution >= 0.6 is 114 Å². The molecule has 674 valence electrons. The van der Waals surface area contributed by atoms with Gasteiger partial charge in [0.1, 0.15) is 11.6 Å². The highest BCUT2D eigenvalue weighted by atomic mass is 32.2. The molecule has 18 heteroatoms. The van der Waals surface area contributed by atoms with Gasteiger partial charge in [-0.3, -0.25) is 9.59 Å². The van der Waals surface area contributed by atoms with Gasteiger partial charge in [0.05, 0.1) is 64.0 Å². The van der Waals surface area contributed by atoms with E-state index < -0.39 is 10.8 Å². The third-order valence-corrected chi connectivity index (χ3v) is 39.4. The van der Waals surface area contributed by atoms with Crippen molar-refractivity contribution in [1.82, 2.24) is 0 Å². The quantitative estimate of drug-likeness (QED) is 0.0124. The molecule has 0 N–H and O–H groups in total. The Bertz CT molecular complexity index is 6230. The van der Waals surface area contributed by atoms with Crippen LogP contribution in [0, 0.1) is 59.3 Å². The standard InChI is InChI=1S/C114H112F2N4O2S10/c1-11-19-25-29-35-71-39-47-75(48-40-71)113(76-49-41-72(42-50-76)36-30-26-20-12-2)87-57-79(55-81-95(91(61-117)119-9)83-65-123-67-85(83)103(81)121)127-105(87)109-101(113)99-97(93-59-89(115)111(129-93)125-63-69(17-7)33-23-15-5)108-100(98(107(99)131-109)94-60-90(116)112(130-94)126-64-70(18-8)34-24-16-6)102-110(132-108)106-88(58-80(128-106)56-82-96(92(62-118)120-10)84-66-124-68-86(84)104(82)122)114(102,77-51-43-73(44-52-77)37-31-27-21-13-3)78-53-45-74(46-54-78)38-32-28-22-14-4/h39-60,65-70H,11-38,63-64H2,1-8H3/b81-55-,82-56-,95-91+,96-92?. The number of benzene rings is 5. The van der Waals surface area contributed by atoms with Crippen LogP contribution in [0.15, 0.2) is 174 Å². The Balaban J connectivity index is 1.06. The molecule has 0 saturated heterocycles. The van der Waals surface area contributed by atoms with Gasteiger partial charge in [-0.15, -0.1) is 91.5 Å². The normalized spacial score (nSPS) is 15.7. The fourth-order valence-corrected chi connectivity index (χ4v) is 32.9. The zero-order valence-electron chi connectivity index (χ0n) is 76.8. The molecule has 0 fully saturated rings. The second kappa shape index (κ2) is 42.5. The highest BCUT2D eigenvalue weighted by Crippen LogP contribution is 2.71. The predicted molar refractivity (Wildman–Crippen MR) is 565 cm³/mol. The molecule has 0 spiro atoms. The number of aryl methyl sites for hydroxylation is 4. The van der Waals surface area contributed by atoms with E-state index in [1.807, 2.05) is 45.8 Å². The lowest BCUT2D eigenvalue weighted by Gasteiger charge is -2.35. The first-order valence-corrected chi connectivity index (χ1v) is 56.7. The molecule has 0 amide bonds. The third-order valence-electron chi connectivity index (χ3n) is 27.7. The zero-order valence-corrected chi connectivity index (χ0v) is 85.0. The molecule has 0 bridgehead atoms. The topological polar surface area (TPSA) is 90.4 Å². The van der Waals surface area contributed by atoms with Crippen LogP contribution in [0.1, 0.15) is 318 Å². The van der Waals surface area contributed by atoms with Crippen LogP contribution in [0.4, 0.5) is 8.78 Å². The number of nitriles is 2. The second-order valence-electron chi connectivity index (χ2n) is 36.1. The number of thioether (sulfide) groups is 2. The van der Waals surface area contributed by atoms with E-state index in [-0.39, 0.29) is 34.6 Å². The number of unbranched alkanes of at least 4 members (excludes halogenated alkanes) is 14.